The fourth-order valence-electron chi connectivity index (χ4n) is 1.37. The molecule has 0 atom stereocenters. The minimum absolute atomic E-state index is 0.187. The Bertz CT molecular complexity index is 566. The van der Waals surface area contributed by atoms with Crippen molar-refractivity contribution in [2.75, 3.05) is 0 Å². The molecule has 2 heterocycles. The number of ketones is 1. The summed E-state index contributed by atoms with van der Waals surface area (Å²) in [6, 6.07) is 1.49. The molecule has 0 N–H and O–H groups in total. The van der Waals surface area contributed by atoms with Gasteiger partial charge in [0.05, 0.1) is 21.8 Å². The average molecular weight is 270 g/mol. The second kappa shape index (κ2) is 4.85. The molecule has 0 unspecified atom stereocenters. The third-order valence-corrected chi connectivity index (χ3v) is 2.74. The van der Waals surface area contributed by atoms with E-state index in [4.69, 9.17) is 23.2 Å². The molecule has 0 bridgehead atoms. The molecule has 4 nitrogen and oxygen atoms in total. The van der Waals surface area contributed by atoms with Crippen LogP contribution in [0.4, 0.5) is 0 Å². The van der Waals surface area contributed by atoms with E-state index < -0.39 is 0 Å². The van der Waals surface area contributed by atoms with Gasteiger partial charge in [0.2, 0.25) is 5.78 Å². The van der Waals surface area contributed by atoms with E-state index in [0.29, 0.717) is 17.1 Å². The highest BCUT2D eigenvalue weighted by Gasteiger charge is 2.16. The molecule has 0 aliphatic carbocycles. The molecule has 0 aliphatic heterocycles. The predicted octanol–water partition coefficient (Wildman–Crippen LogP) is 2.84. The van der Waals surface area contributed by atoms with Gasteiger partial charge in [-0.25, -0.2) is 4.98 Å². The zero-order valence-corrected chi connectivity index (χ0v) is 10.5. The Labute approximate surface area is 108 Å². The van der Waals surface area contributed by atoms with Gasteiger partial charge in [-0.15, -0.1) is 0 Å². The lowest BCUT2D eigenvalue weighted by atomic mass is 10.1. The van der Waals surface area contributed by atoms with E-state index in [0.717, 1.165) is 0 Å². The first kappa shape index (κ1) is 12.1. The van der Waals surface area contributed by atoms with Crippen LogP contribution in [0, 0.1) is 0 Å². The second-order valence-corrected chi connectivity index (χ2v) is 4.24. The number of carbonyl (C=O) groups is 1. The minimum atomic E-state index is -0.258. The van der Waals surface area contributed by atoms with Crippen molar-refractivity contribution in [2.24, 2.45) is 0 Å². The Balaban J connectivity index is 2.36. The van der Waals surface area contributed by atoms with Gasteiger partial charge in [-0.3, -0.25) is 9.48 Å². The quantitative estimate of drug-likeness (QED) is 0.806. The van der Waals surface area contributed by atoms with Crippen molar-refractivity contribution in [1.82, 2.24) is 14.8 Å². The van der Waals surface area contributed by atoms with Crippen molar-refractivity contribution in [1.29, 1.82) is 0 Å². The van der Waals surface area contributed by atoms with Crippen molar-refractivity contribution in [2.45, 2.75) is 13.5 Å². The number of aromatic nitrogens is 3. The van der Waals surface area contributed by atoms with Crippen LogP contribution in [0.25, 0.3) is 0 Å². The third kappa shape index (κ3) is 2.48. The van der Waals surface area contributed by atoms with E-state index >= 15 is 0 Å². The Morgan fingerprint density at radius 3 is 2.76 bits per heavy atom. The molecule has 17 heavy (non-hydrogen) atoms. The summed E-state index contributed by atoms with van der Waals surface area (Å²) in [5.41, 5.74) is 0.648. The molecule has 0 spiro atoms. The SMILES string of the molecule is CCn1cc(C(=O)c2ncc(Cl)cc2Cl)cn1. The Morgan fingerprint density at radius 2 is 2.18 bits per heavy atom. The van der Waals surface area contributed by atoms with E-state index in [1.807, 2.05) is 6.92 Å². The van der Waals surface area contributed by atoms with E-state index in [1.54, 1.807) is 10.9 Å². The first-order valence-corrected chi connectivity index (χ1v) is 5.75. The number of aryl methyl sites for hydroxylation is 1. The number of hydrogen-bond acceptors (Lipinski definition) is 3. The molecule has 0 aliphatic rings. The monoisotopic (exact) mass is 269 g/mol. The number of hydrogen-bond donors (Lipinski definition) is 0. The Morgan fingerprint density at radius 1 is 1.41 bits per heavy atom. The van der Waals surface area contributed by atoms with Gasteiger partial charge in [0, 0.05) is 18.9 Å². The maximum atomic E-state index is 12.1. The van der Waals surface area contributed by atoms with Crippen molar-refractivity contribution >= 4 is 29.0 Å². The molecular formula is C11H9Cl2N3O. The summed E-state index contributed by atoms with van der Waals surface area (Å²) in [6.45, 7) is 2.64. The summed E-state index contributed by atoms with van der Waals surface area (Å²) in [6.07, 6.45) is 4.55. The lowest BCUT2D eigenvalue weighted by Gasteiger charge is -2.00. The molecule has 6 heteroatoms. The van der Waals surface area contributed by atoms with Crippen LogP contribution in [0.3, 0.4) is 0 Å². The van der Waals surface area contributed by atoms with Gasteiger partial charge in [-0.2, -0.15) is 5.10 Å². The van der Waals surface area contributed by atoms with Crippen LogP contribution < -0.4 is 0 Å². The first-order valence-electron chi connectivity index (χ1n) is 5.00. The van der Waals surface area contributed by atoms with Gasteiger partial charge < -0.3 is 0 Å². The lowest BCUT2D eigenvalue weighted by molar-refractivity contribution is 0.103. The fraction of sp³-hybridized carbons (Fsp3) is 0.182. The molecule has 0 radical (unpaired) electrons. The summed E-state index contributed by atoms with van der Waals surface area (Å²) in [5, 5.41) is 4.67. The van der Waals surface area contributed by atoms with Gasteiger partial charge >= 0.3 is 0 Å². The largest absolute Gasteiger partial charge is 0.287 e. The summed E-state index contributed by atoms with van der Waals surface area (Å²) >= 11 is 11.6. The highest BCUT2D eigenvalue weighted by molar-refractivity contribution is 6.37. The maximum absolute atomic E-state index is 12.1. The number of rotatable bonds is 3. The standard InChI is InChI=1S/C11H9Cl2N3O/c1-2-16-6-7(4-15-16)11(17)10-9(13)3-8(12)5-14-10/h3-6H,2H2,1H3. The third-order valence-electron chi connectivity index (χ3n) is 2.24. The predicted molar refractivity (Wildman–Crippen MR) is 65.6 cm³/mol. The molecule has 0 saturated heterocycles. The van der Waals surface area contributed by atoms with E-state index in [2.05, 4.69) is 10.1 Å². The molecule has 88 valence electrons. The highest BCUT2D eigenvalue weighted by atomic mass is 35.5. The molecule has 0 fully saturated rings. The summed E-state index contributed by atoms with van der Waals surface area (Å²) in [7, 11) is 0. The summed E-state index contributed by atoms with van der Waals surface area (Å²) < 4.78 is 1.66. The number of pyridine rings is 1. The van der Waals surface area contributed by atoms with Crippen LogP contribution in [-0.2, 0) is 6.54 Å². The topological polar surface area (TPSA) is 47.8 Å². The van der Waals surface area contributed by atoms with Crippen LogP contribution in [0.2, 0.25) is 10.0 Å². The van der Waals surface area contributed by atoms with E-state index in [9.17, 15) is 4.79 Å². The van der Waals surface area contributed by atoms with Gasteiger partial charge in [-0.1, -0.05) is 23.2 Å². The normalized spacial score (nSPS) is 10.5. The zero-order valence-electron chi connectivity index (χ0n) is 9.02. The molecular weight excluding hydrogens is 261 g/mol. The van der Waals surface area contributed by atoms with Crippen molar-refractivity contribution in [3.05, 3.63) is 46.0 Å². The summed E-state index contributed by atoms with van der Waals surface area (Å²) in [5.74, 6) is -0.258. The van der Waals surface area contributed by atoms with Crippen LogP contribution in [0.15, 0.2) is 24.7 Å². The van der Waals surface area contributed by atoms with E-state index in [-0.39, 0.29) is 16.5 Å². The number of halogens is 2. The first-order chi connectivity index (χ1) is 8.11. The van der Waals surface area contributed by atoms with Crippen molar-refractivity contribution in [3.8, 4) is 0 Å². The van der Waals surface area contributed by atoms with Crippen LogP contribution in [0.1, 0.15) is 23.0 Å². The smallest absolute Gasteiger partial charge is 0.216 e. The fourth-order valence-corrected chi connectivity index (χ4v) is 1.84. The Kier molecular flexibility index (Phi) is 3.45. The average Bonchev–Trinajstić information content (AvgIpc) is 2.76. The van der Waals surface area contributed by atoms with E-state index in [1.165, 1.54) is 18.5 Å². The van der Waals surface area contributed by atoms with Gasteiger partial charge in [0.15, 0.2) is 0 Å². The van der Waals surface area contributed by atoms with Crippen molar-refractivity contribution < 1.29 is 4.79 Å². The highest BCUT2D eigenvalue weighted by Crippen LogP contribution is 2.20. The summed E-state index contributed by atoms with van der Waals surface area (Å²) in [4.78, 5) is 16.0. The zero-order chi connectivity index (χ0) is 12.4. The molecule has 0 saturated carbocycles. The number of nitrogens with zero attached hydrogens (tertiary/aromatic N) is 3. The number of carbonyl (C=O) groups excluding carboxylic acids is 1. The molecule has 0 aromatic carbocycles. The van der Waals surface area contributed by atoms with Gasteiger partial charge in [0.25, 0.3) is 0 Å². The van der Waals surface area contributed by atoms with Crippen LogP contribution in [0.5, 0.6) is 0 Å². The Hall–Kier alpha value is -1.39. The molecule has 0 amide bonds. The van der Waals surface area contributed by atoms with Crippen molar-refractivity contribution in [3.63, 3.8) is 0 Å². The minimum Gasteiger partial charge on any atom is -0.287 e. The molecule has 2 aromatic heterocycles. The lowest BCUT2D eigenvalue weighted by Crippen LogP contribution is -2.04. The van der Waals surface area contributed by atoms with Gasteiger partial charge in [0.1, 0.15) is 5.69 Å². The molecule has 2 rings (SSSR count). The maximum Gasteiger partial charge on any atom is 0.216 e. The van der Waals surface area contributed by atoms with Crippen LogP contribution in [-0.4, -0.2) is 20.5 Å². The molecule has 2 aromatic rings. The second-order valence-electron chi connectivity index (χ2n) is 3.40. The van der Waals surface area contributed by atoms with Gasteiger partial charge in [-0.05, 0) is 13.0 Å². The van der Waals surface area contributed by atoms with Crippen LogP contribution >= 0.6 is 23.2 Å².